The summed E-state index contributed by atoms with van der Waals surface area (Å²) < 4.78 is 15.4. The van der Waals surface area contributed by atoms with Gasteiger partial charge in [-0.2, -0.15) is 0 Å². The number of pyridine rings is 1. The van der Waals surface area contributed by atoms with E-state index in [9.17, 15) is 14.0 Å². The number of thiocarbonyl (C=S) groups is 1. The van der Waals surface area contributed by atoms with Crippen molar-refractivity contribution < 1.29 is 9.18 Å². The Kier molecular flexibility index (Phi) is 7.12. The van der Waals surface area contributed by atoms with Crippen molar-refractivity contribution in [3.63, 3.8) is 0 Å². The molecule has 4 heterocycles. The van der Waals surface area contributed by atoms with Crippen molar-refractivity contribution in [3.05, 3.63) is 111 Å². The van der Waals surface area contributed by atoms with Crippen molar-refractivity contribution in [2.24, 2.45) is 0 Å². The molecular formula is C30H26FN5O2S2. The molecule has 40 heavy (non-hydrogen) atoms. The zero-order valence-corrected chi connectivity index (χ0v) is 23.4. The molecular weight excluding hydrogens is 545 g/mol. The van der Waals surface area contributed by atoms with Crippen molar-refractivity contribution in [1.82, 2.24) is 14.3 Å². The predicted octanol–water partition coefficient (Wildman–Crippen LogP) is 4.87. The van der Waals surface area contributed by atoms with Crippen LogP contribution in [0.4, 0.5) is 15.9 Å². The predicted molar refractivity (Wildman–Crippen MR) is 162 cm³/mol. The molecule has 2 saturated heterocycles. The number of hydrogen-bond donors (Lipinski definition) is 0. The van der Waals surface area contributed by atoms with Crippen molar-refractivity contribution in [2.75, 3.05) is 36.0 Å². The van der Waals surface area contributed by atoms with Crippen LogP contribution >= 0.6 is 24.0 Å². The number of benzene rings is 2. The van der Waals surface area contributed by atoms with Crippen molar-refractivity contribution >= 4 is 57.4 Å². The molecule has 1 amide bonds. The summed E-state index contributed by atoms with van der Waals surface area (Å²) in [5.41, 5.74) is 3.52. The highest BCUT2D eigenvalue weighted by Crippen LogP contribution is 2.34. The summed E-state index contributed by atoms with van der Waals surface area (Å²) in [5, 5.41) is 0. The maximum atomic E-state index is 13.8. The van der Waals surface area contributed by atoms with Gasteiger partial charge in [0.05, 0.1) is 17.0 Å². The highest BCUT2D eigenvalue weighted by molar-refractivity contribution is 8.26. The highest BCUT2D eigenvalue weighted by Gasteiger charge is 2.33. The smallest absolute Gasteiger partial charge is 0.267 e. The van der Waals surface area contributed by atoms with Crippen LogP contribution in [0.3, 0.4) is 0 Å². The summed E-state index contributed by atoms with van der Waals surface area (Å²) in [7, 11) is 0. The number of aryl methyl sites for hydroxylation is 1. The van der Waals surface area contributed by atoms with E-state index >= 15 is 0 Å². The number of anilines is 2. The van der Waals surface area contributed by atoms with Crippen LogP contribution in [0.2, 0.25) is 0 Å². The topological polar surface area (TPSA) is 61.2 Å². The molecule has 202 valence electrons. The number of carbonyl (C=O) groups excluding carboxylic acids is 1. The Morgan fingerprint density at radius 3 is 2.38 bits per heavy atom. The summed E-state index contributed by atoms with van der Waals surface area (Å²) in [6, 6.07) is 19.9. The number of rotatable bonds is 5. The maximum absolute atomic E-state index is 13.8. The third kappa shape index (κ3) is 5.12. The molecule has 2 aliphatic rings. The Labute approximate surface area is 240 Å². The average Bonchev–Trinajstić information content (AvgIpc) is 3.23. The first kappa shape index (κ1) is 26.2. The molecule has 0 atom stereocenters. The molecule has 0 radical (unpaired) electrons. The Hall–Kier alpha value is -4.02. The minimum Gasteiger partial charge on any atom is -0.368 e. The van der Waals surface area contributed by atoms with E-state index in [1.54, 1.807) is 29.3 Å². The zero-order valence-electron chi connectivity index (χ0n) is 21.8. The second-order valence-electron chi connectivity index (χ2n) is 9.79. The van der Waals surface area contributed by atoms with Crippen molar-refractivity contribution in [1.29, 1.82) is 0 Å². The van der Waals surface area contributed by atoms with Crippen LogP contribution in [-0.4, -0.2) is 50.7 Å². The van der Waals surface area contributed by atoms with Gasteiger partial charge in [-0.1, -0.05) is 60.4 Å². The van der Waals surface area contributed by atoms with Gasteiger partial charge >= 0.3 is 0 Å². The molecule has 0 N–H and O–H groups in total. The molecule has 0 spiro atoms. The van der Waals surface area contributed by atoms with Gasteiger partial charge in [0.2, 0.25) is 0 Å². The number of fused-ring (bicyclic) bond motifs is 1. The van der Waals surface area contributed by atoms with E-state index in [1.807, 2.05) is 49.4 Å². The van der Waals surface area contributed by atoms with Gasteiger partial charge < -0.3 is 9.80 Å². The van der Waals surface area contributed by atoms with Gasteiger partial charge in [-0.3, -0.25) is 18.9 Å². The number of carbonyl (C=O) groups is 1. The quantitative estimate of drug-likeness (QED) is 0.250. The van der Waals surface area contributed by atoms with Crippen LogP contribution in [-0.2, 0) is 11.3 Å². The molecule has 6 rings (SSSR count). The molecule has 2 aromatic heterocycles. The van der Waals surface area contributed by atoms with Gasteiger partial charge in [-0.15, -0.1) is 0 Å². The number of aromatic nitrogens is 2. The first-order valence-electron chi connectivity index (χ1n) is 13.0. The van der Waals surface area contributed by atoms with Crippen LogP contribution < -0.4 is 15.4 Å². The van der Waals surface area contributed by atoms with Crippen molar-refractivity contribution in [2.45, 2.75) is 13.5 Å². The van der Waals surface area contributed by atoms with E-state index in [0.717, 1.165) is 16.8 Å². The first-order valence-corrected chi connectivity index (χ1v) is 14.2. The molecule has 0 saturated carbocycles. The Bertz CT molecular complexity index is 1700. The summed E-state index contributed by atoms with van der Waals surface area (Å²) in [4.78, 5) is 38.4. The second kappa shape index (κ2) is 10.9. The molecule has 7 nitrogen and oxygen atoms in total. The van der Waals surface area contributed by atoms with E-state index in [-0.39, 0.29) is 17.3 Å². The zero-order chi connectivity index (χ0) is 27.8. The third-order valence-electron chi connectivity index (χ3n) is 7.09. The van der Waals surface area contributed by atoms with Gasteiger partial charge in [-0.25, -0.2) is 9.37 Å². The Morgan fingerprint density at radius 2 is 1.65 bits per heavy atom. The van der Waals surface area contributed by atoms with E-state index in [1.165, 1.54) is 28.3 Å². The van der Waals surface area contributed by atoms with E-state index < -0.39 is 0 Å². The standard InChI is InChI=1S/C30H26FN5O2S2/c1-20-7-12-26-32-27(34-15-13-33(14-16-34)23-10-8-22(31)9-11-23)24(28(37)35(26)18-20)17-25-29(38)36(30(39)40-25)19-21-5-3-2-4-6-21/h2-12,17-18H,13-16,19H2,1H3. The molecule has 2 aromatic carbocycles. The lowest BCUT2D eigenvalue weighted by molar-refractivity contribution is -0.122. The fourth-order valence-corrected chi connectivity index (χ4v) is 6.21. The fourth-order valence-electron chi connectivity index (χ4n) is 4.98. The summed E-state index contributed by atoms with van der Waals surface area (Å²) in [5.74, 6) is 0.0536. The molecule has 0 bridgehead atoms. The second-order valence-corrected chi connectivity index (χ2v) is 11.5. The monoisotopic (exact) mass is 571 g/mol. The number of piperazine rings is 1. The summed E-state index contributed by atoms with van der Waals surface area (Å²) >= 11 is 6.75. The minimum atomic E-state index is -0.266. The largest absolute Gasteiger partial charge is 0.368 e. The Morgan fingerprint density at radius 1 is 0.950 bits per heavy atom. The van der Waals surface area contributed by atoms with E-state index in [0.29, 0.717) is 59.0 Å². The SMILES string of the molecule is Cc1ccc2nc(N3CCN(c4ccc(F)cc4)CC3)c(C=C3SC(=S)N(Cc4ccccc4)C3=O)c(=O)n2c1. The molecule has 4 aromatic rings. The van der Waals surface area contributed by atoms with Crippen LogP contribution in [0.15, 0.2) is 82.6 Å². The van der Waals surface area contributed by atoms with E-state index in [4.69, 9.17) is 17.2 Å². The number of nitrogens with zero attached hydrogens (tertiary/aromatic N) is 5. The average molecular weight is 572 g/mol. The van der Waals surface area contributed by atoms with Gasteiger partial charge in [-0.05, 0) is 54.5 Å². The lowest BCUT2D eigenvalue weighted by Gasteiger charge is -2.37. The van der Waals surface area contributed by atoms with Gasteiger partial charge in [0.25, 0.3) is 11.5 Å². The molecule has 10 heteroatoms. The van der Waals surface area contributed by atoms with E-state index in [2.05, 4.69) is 9.80 Å². The lowest BCUT2D eigenvalue weighted by Crippen LogP contribution is -2.47. The Balaban J connectivity index is 1.35. The highest BCUT2D eigenvalue weighted by atomic mass is 32.2. The number of amides is 1. The van der Waals surface area contributed by atoms with Crippen LogP contribution in [0.25, 0.3) is 11.7 Å². The molecule has 0 aliphatic carbocycles. The molecule has 0 unspecified atom stereocenters. The van der Waals surface area contributed by atoms with Crippen LogP contribution in [0, 0.1) is 12.7 Å². The minimum absolute atomic E-state index is 0.223. The number of halogens is 1. The third-order valence-corrected chi connectivity index (χ3v) is 8.47. The molecule has 2 fully saturated rings. The van der Waals surface area contributed by atoms with Crippen LogP contribution in [0.1, 0.15) is 16.7 Å². The summed E-state index contributed by atoms with van der Waals surface area (Å²) in [6.07, 6.45) is 3.41. The van der Waals surface area contributed by atoms with Gasteiger partial charge in [0, 0.05) is 38.1 Å². The van der Waals surface area contributed by atoms with Gasteiger partial charge in [0.15, 0.2) is 0 Å². The lowest BCUT2D eigenvalue weighted by atomic mass is 10.2. The fraction of sp³-hybridized carbons (Fsp3) is 0.200. The maximum Gasteiger partial charge on any atom is 0.267 e. The molecule has 2 aliphatic heterocycles. The normalized spacial score (nSPS) is 16.9. The van der Waals surface area contributed by atoms with Crippen LogP contribution in [0.5, 0.6) is 0 Å². The summed E-state index contributed by atoms with van der Waals surface area (Å²) in [6.45, 7) is 4.87. The van der Waals surface area contributed by atoms with Gasteiger partial charge in [0.1, 0.15) is 21.6 Å². The number of hydrogen-bond acceptors (Lipinski definition) is 7. The first-order chi connectivity index (χ1) is 19.4. The van der Waals surface area contributed by atoms with Crippen molar-refractivity contribution in [3.8, 4) is 0 Å². The number of thioether (sulfide) groups is 1.